The fourth-order valence-corrected chi connectivity index (χ4v) is 2.68. The first kappa shape index (κ1) is 14.4. The number of fused-ring (bicyclic) bond motifs is 1. The van der Waals surface area contributed by atoms with Crippen LogP contribution in [0, 0.1) is 0 Å². The van der Waals surface area contributed by atoms with Gasteiger partial charge in [-0.05, 0) is 31.0 Å². The lowest BCUT2D eigenvalue weighted by molar-refractivity contribution is -0.129. The van der Waals surface area contributed by atoms with Gasteiger partial charge in [0, 0.05) is 30.0 Å². The van der Waals surface area contributed by atoms with E-state index in [2.05, 4.69) is 0 Å². The first-order valence-corrected chi connectivity index (χ1v) is 7.11. The van der Waals surface area contributed by atoms with Gasteiger partial charge in [0.2, 0.25) is 0 Å². The Balaban J connectivity index is 2.17. The quantitative estimate of drug-likeness (QED) is 0.804. The van der Waals surface area contributed by atoms with Crippen molar-refractivity contribution in [2.75, 3.05) is 13.2 Å². The molecule has 1 aliphatic heterocycles. The molecule has 0 bridgehead atoms. The van der Waals surface area contributed by atoms with E-state index in [4.69, 9.17) is 21.1 Å². The Labute approximate surface area is 118 Å². The zero-order valence-corrected chi connectivity index (χ0v) is 12.1. The molecular weight excluding hydrogens is 264 g/mol. The third-order valence-corrected chi connectivity index (χ3v) is 3.51. The molecule has 0 saturated heterocycles. The lowest BCUT2D eigenvalue weighted by atomic mass is 10.0. The first-order chi connectivity index (χ1) is 9.15. The Morgan fingerprint density at radius 1 is 1.47 bits per heavy atom. The summed E-state index contributed by atoms with van der Waals surface area (Å²) in [5, 5.41) is 0.663. The fourth-order valence-electron chi connectivity index (χ4n) is 2.42. The molecule has 19 heavy (non-hydrogen) atoms. The van der Waals surface area contributed by atoms with Gasteiger partial charge in [-0.25, -0.2) is 0 Å². The van der Waals surface area contributed by atoms with Crippen LogP contribution in [-0.4, -0.2) is 25.1 Å². The number of hydrogen-bond acceptors (Lipinski definition) is 3. The van der Waals surface area contributed by atoms with Crippen molar-refractivity contribution in [3.05, 3.63) is 28.3 Å². The van der Waals surface area contributed by atoms with Gasteiger partial charge in [0.1, 0.15) is 11.9 Å². The molecule has 1 unspecified atom stereocenters. The summed E-state index contributed by atoms with van der Waals surface area (Å²) in [5.74, 6) is 0.924. The summed E-state index contributed by atoms with van der Waals surface area (Å²) in [7, 11) is 0. The van der Waals surface area contributed by atoms with Gasteiger partial charge in [-0.15, -0.1) is 0 Å². The van der Waals surface area contributed by atoms with Crippen molar-refractivity contribution in [1.29, 1.82) is 0 Å². The largest absolute Gasteiger partial charge is 0.493 e. The van der Waals surface area contributed by atoms with Gasteiger partial charge < -0.3 is 9.47 Å². The molecule has 0 spiro atoms. The number of hydrogen-bond donors (Lipinski definition) is 0. The van der Waals surface area contributed by atoms with Crippen LogP contribution >= 0.6 is 11.6 Å². The van der Waals surface area contributed by atoms with Gasteiger partial charge in [0.25, 0.3) is 0 Å². The highest BCUT2D eigenvalue weighted by Gasteiger charge is 2.22. The van der Waals surface area contributed by atoms with Gasteiger partial charge in [-0.2, -0.15) is 0 Å². The molecule has 0 amide bonds. The minimum atomic E-state index is -0.332. The van der Waals surface area contributed by atoms with Crippen LogP contribution in [0.2, 0.25) is 5.02 Å². The Morgan fingerprint density at radius 2 is 2.26 bits per heavy atom. The molecule has 1 aromatic carbocycles. The number of carbonyl (C=O) groups is 1. The van der Waals surface area contributed by atoms with Crippen molar-refractivity contribution in [2.45, 2.75) is 39.2 Å². The Hall–Kier alpha value is -1.06. The standard InChI is InChI=1S/C15H19ClO3/c1-3-14(18-4-2)13(17)9-11-8-12(16)7-10-5-6-19-15(10)11/h7-8,14H,3-6,9H2,1-2H3. The van der Waals surface area contributed by atoms with E-state index < -0.39 is 0 Å². The van der Waals surface area contributed by atoms with Gasteiger partial charge in [0.15, 0.2) is 5.78 Å². The average molecular weight is 283 g/mol. The summed E-state index contributed by atoms with van der Waals surface area (Å²) >= 11 is 6.09. The maximum atomic E-state index is 12.2. The summed E-state index contributed by atoms with van der Waals surface area (Å²) < 4.78 is 11.1. The van der Waals surface area contributed by atoms with Crippen molar-refractivity contribution in [2.24, 2.45) is 0 Å². The minimum absolute atomic E-state index is 0.0873. The van der Waals surface area contributed by atoms with Gasteiger partial charge in [0.05, 0.1) is 6.61 Å². The maximum Gasteiger partial charge on any atom is 0.166 e. The fraction of sp³-hybridized carbons (Fsp3) is 0.533. The van der Waals surface area contributed by atoms with E-state index in [0.29, 0.717) is 31.1 Å². The molecular formula is C15H19ClO3. The predicted molar refractivity (Wildman–Crippen MR) is 75.1 cm³/mol. The predicted octanol–water partition coefficient (Wildman–Crippen LogP) is 3.20. The molecule has 1 aliphatic rings. The van der Waals surface area contributed by atoms with Gasteiger partial charge in [-0.1, -0.05) is 18.5 Å². The van der Waals surface area contributed by atoms with Crippen molar-refractivity contribution >= 4 is 17.4 Å². The molecule has 104 valence electrons. The SMILES string of the molecule is CCOC(CC)C(=O)Cc1cc(Cl)cc2c1OCC2. The number of benzene rings is 1. The topological polar surface area (TPSA) is 35.5 Å². The molecule has 1 aromatic rings. The molecule has 0 radical (unpaired) electrons. The number of ether oxygens (including phenoxy) is 2. The highest BCUT2D eigenvalue weighted by atomic mass is 35.5. The lowest BCUT2D eigenvalue weighted by Gasteiger charge is -2.15. The van der Waals surface area contributed by atoms with E-state index in [-0.39, 0.29) is 11.9 Å². The summed E-state index contributed by atoms with van der Waals surface area (Å²) in [6.07, 6.45) is 1.54. The third kappa shape index (κ3) is 3.28. The second-order valence-electron chi connectivity index (χ2n) is 4.65. The molecule has 4 heteroatoms. The molecule has 0 aliphatic carbocycles. The van der Waals surface area contributed by atoms with Crippen molar-refractivity contribution in [3.63, 3.8) is 0 Å². The van der Waals surface area contributed by atoms with Crippen LogP contribution in [-0.2, 0) is 22.4 Å². The second kappa shape index (κ2) is 6.40. The summed E-state index contributed by atoms with van der Waals surface area (Å²) in [4.78, 5) is 12.2. The molecule has 1 atom stereocenters. The van der Waals surface area contributed by atoms with Gasteiger partial charge >= 0.3 is 0 Å². The van der Waals surface area contributed by atoms with E-state index in [1.54, 1.807) is 0 Å². The maximum absolute atomic E-state index is 12.2. The lowest BCUT2D eigenvalue weighted by Crippen LogP contribution is -2.25. The van der Waals surface area contributed by atoms with Crippen molar-refractivity contribution in [1.82, 2.24) is 0 Å². The Morgan fingerprint density at radius 3 is 2.95 bits per heavy atom. The van der Waals surface area contributed by atoms with Crippen molar-refractivity contribution in [3.8, 4) is 5.75 Å². The number of carbonyl (C=O) groups excluding carboxylic acids is 1. The third-order valence-electron chi connectivity index (χ3n) is 3.29. The zero-order chi connectivity index (χ0) is 13.8. The normalized spacial score (nSPS) is 14.9. The van der Waals surface area contributed by atoms with E-state index in [9.17, 15) is 4.79 Å². The van der Waals surface area contributed by atoms with E-state index >= 15 is 0 Å². The van der Waals surface area contributed by atoms with E-state index in [1.165, 1.54) is 0 Å². The molecule has 1 heterocycles. The van der Waals surface area contributed by atoms with Crippen LogP contribution in [0.15, 0.2) is 12.1 Å². The zero-order valence-electron chi connectivity index (χ0n) is 11.4. The molecule has 2 rings (SSSR count). The minimum Gasteiger partial charge on any atom is -0.493 e. The summed E-state index contributed by atoms with van der Waals surface area (Å²) in [5.41, 5.74) is 1.97. The van der Waals surface area contributed by atoms with Crippen LogP contribution in [0.25, 0.3) is 0 Å². The number of ketones is 1. The first-order valence-electron chi connectivity index (χ1n) is 6.74. The number of halogens is 1. The molecule has 0 aromatic heterocycles. The molecule has 3 nitrogen and oxygen atoms in total. The second-order valence-corrected chi connectivity index (χ2v) is 5.08. The van der Waals surface area contributed by atoms with Crippen LogP contribution < -0.4 is 4.74 Å². The molecule has 0 saturated carbocycles. The van der Waals surface area contributed by atoms with E-state index in [0.717, 1.165) is 23.3 Å². The number of rotatable bonds is 6. The monoisotopic (exact) mass is 282 g/mol. The van der Waals surface area contributed by atoms with Crippen molar-refractivity contribution < 1.29 is 14.3 Å². The van der Waals surface area contributed by atoms with Crippen LogP contribution in [0.1, 0.15) is 31.4 Å². The summed E-state index contributed by atoms with van der Waals surface area (Å²) in [6, 6.07) is 3.74. The average Bonchev–Trinajstić information content (AvgIpc) is 2.83. The van der Waals surface area contributed by atoms with Gasteiger partial charge in [-0.3, -0.25) is 4.79 Å². The highest BCUT2D eigenvalue weighted by Crippen LogP contribution is 2.33. The van der Waals surface area contributed by atoms with E-state index in [1.807, 2.05) is 26.0 Å². The van der Waals surface area contributed by atoms with Crippen LogP contribution in [0.5, 0.6) is 5.75 Å². The van der Waals surface area contributed by atoms with Crippen LogP contribution in [0.3, 0.4) is 0 Å². The molecule has 0 fully saturated rings. The highest BCUT2D eigenvalue weighted by molar-refractivity contribution is 6.30. The number of Topliss-reactive ketones (excluding diaryl/α,β-unsaturated/α-hetero) is 1. The smallest absolute Gasteiger partial charge is 0.166 e. The van der Waals surface area contributed by atoms with Crippen LogP contribution in [0.4, 0.5) is 0 Å². The molecule has 0 N–H and O–H groups in total. The summed E-state index contributed by atoms with van der Waals surface area (Å²) in [6.45, 7) is 5.07. The Bertz CT molecular complexity index is 471. The Kier molecular flexibility index (Phi) is 4.83.